The Kier molecular flexibility index (Phi) is 15.3. The Morgan fingerprint density at radius 1 is 0.619 bits per heavy atom. The van der Waals surface area contributed by atoms with Gasteiger partial charge in [-0.15, -0.1) is 0 Å². The summed E-state index contributed by atoms with van der Waals surface area (Å²) in [5.74, 6) is 4.74. The zero-order chi connectivity index (χ0) is 31.5. The summed E-state index contributed by atoms with van der Waals surface area (Å²) in [5.41, 5.74) is 0.364. The Morgan fingerprint density at radius 2 is 1.07 bits per heavy atom. The van der Waals surface area contributed by atoms with Crippen molar-refractivity contribution < 1.29 is 10.2 Å². The van der Waals surface area contributed by atoms with Gasteiger partial charge in [0.25, 0.3) is 0 Å². The van der Waals surface area contributed by atoms with E-state index >= 15 is 0 Å². The molecule has 2 aliphatic carbocycles. The monoisotopic (exact) mass is 583 g/mol. The maximum atomic E-state index is 10.2. The van der Waals surface area contributed by atoms with Crippen LogP contribution in [0.5, 0.6) is 0 Å². The van der Waals surface area contributed by atoms with E-state index in [-0.39, 0.29) is 23.0 Å². The van der Waals surface area contributed by atoms with Crippen molar-refractivity contribution in [2.24, 2.45) is 58.2 Å². The molecule has 0 aliphatic heterocycles. The number of aliphatic hydroxyl groups is 2. The van der Waals surface area contributed by atoms with Gasteiger partial charge < -0.3 is 10.2 Å². The van der Waals surface area contributed by atoms with Crippen molar-refractivity contribution in [3.8, 4) is 0 Å². The number of hydrogen-bond donors (Lipinski definition) is 2. The second kappa shape index (κ2) is 17.4. The van der Waals surface area contributed by atoms with Crippen LogP contribution in [-0.4, -0.2) is 22.4 Å². The van der Waals surface area contributed by atoms with Crippen LogP contribution in [0.4, 0.5) is 0 Å². The fourth-order valence-electron chi connectivity index (χ4n) is 8.19. The summed E-state index contributed by atoms with van der Waals surface area (Å²) in [5, 5.41) is 20.3. The average Bonchev–Trinajstić information content (AvgIpc) is 2.84. The number of hydrogen-bond acceptors (Lipinski definition) is 2. The number of allylic oxidation sites excluding steroid dienone is 8. The van der Waals surface area contributed by atoms with Crippen LogP contribution in [0.1, 0.15) is 133 Å². The van der Waals surface area contributed by atoms with Crippen molar-refractivity contribution in [1.29, 1.82) is 0 Å². The molecule has 0 spiro atoms. The Labute approximate surface area is 262 Å². The van der Waals surface area contributed by atoms with Crippen LogP contribution >= 0.6 is 0 Å². The molecule has 0 unspecified atom stereocenters. The van der Waals surface area contributed by atoms with Crippen LogP contribution in [0.25, 0.3) is 0 Å². The van der Waals surface area contributed by atoms with Gasteiger partial charge in [0.15, 0.2) is 0 Å². The van der Waals surface area contributed by atoms with Gasteiger partial charge in [0.1, 0.15) is 0 Å². The van der Waals surface area contributed by atoms with E-state index in [9.17, 15) is 10.2 Å². The van der Waals surface area contributed by atoms with Gasteiger partial charge >= 0.3 is 0 Å². The first-order valence-corrected chi connectivity index (χ1v) is 17.6. The lowest BCUT2D eigenvalue weighted by molar-refractivity contribution is 0.00710. The van der Waals surface area contributed by atoms with Gasteiger partial charge in [0, 0.05) is 0 Å². The molecule has 0 saturated heterocycles. The topological polar surface area (TPSA) is 40.5 Å². The van der Waals surface area contributed by atoms with Gasteiger partial charge in [0.2, 0.25) is 0 Å². The first kappa shape index (κ1) is 37.1. The minimum atomic E-state index is -0.138. The zero-order valence-electron chi connectivity index (χ0n) is 29.4. The quantitative estimate of drug-likeness (QED) is 0.189. The minimum absolute atomic E-state index is 0.130. The highest BCUT2D eigenvalue weighted by Gasteiger charge is 2.40. The van der Waals surface area contributed by atoms with E-state index in [1.807, 2.05) is 0 Å². The predicted molar refractivity (Wildman–Crippen MR) is 184 cm³/mol. The molecule has 242 valence electrons. The van der Waals surface area contributed by atoms with Gasteiger partial charge in [-0.1, -0.05) is 131 Å². The van der Waals surface area contributed by atoms with Gasteiger partial charge in [-0.2, -0.15) is 0 Å². The first-order valence-electron chi connectivity index (χ1n) is 17.6. The molecule has 0 aromatic rings. The van der Waals surface area contributed by atoms with Crippen LogP contribution in [0.2, 0.25) is 0 Å². The second-order valence-corrected chi connectivity index (χ2v) is 16.5. The third-order valence-corrected chi connectivity index (χ3v) is 10.7. The fourth-order valence-corrected chi connectivity index (χ4v) is 8.19. The molecule has 2 fully saturated rings. The highest BCUT2D eigenvalue weighted by molar-refractivity contribution is 5.05. The molecule has 2 aliphatic rings. The van der Waals surface area contributed by atoms with Crippen molar-refractivity contribution in [3.05, 3.63) is 48.6 Å². The van der Waals surface area contributed by atoms with Gasteiger partial charge in [0.05, 0.1) is 12.2 Å². The summed E-state index contributed by atoms with van der Waals surface area (Å²) in [4.78, 5) is 0. The normalized spacial score (nSPS) is 33.0. The van der Waals surface area contributed by atoms with Crippen LogP contribution in [-0.2, 0) is 0 Å². The molecule has 2 N–H and O–H groups in total. The van der Waals surface area contributed by atoms with Crippen LogP contribution in [0.3, 0.4) is 0 Å². The molecule has 2 rings (SSSR count). The maximum Gasteiger partial charge on any atom is 0.0548 e. The summed E-state index contributed by atoms with van der Waals surface area (Å²) in [6, 6.07) is 0. The largest absolute Gasteiger partial charge is 0.393 e. The lowest BCUT2D eigenvalue weighted by Crippen LogP contribution is -2.38. The van der Waals surface area contributed by atoms with Gasteiger partial charge in [-0.3, -0.25) is 0 Å². The van der Waals surface area contributed by atoms with Crippen LogP contribution in [0.15, 0.2) is 48.6 Å². The maximum absolute atomic E-state index is 10.2. The molecule has 0 aromatic carbocycles. The summed E-state index contributed by atoms with van der Waals surface area (Å²) in [6.07, 6.45) is 30.1. The molecule has 42 heavy (non-hydrogen) atoms. The average molecular weight is 583 g/mol. The zero-order valence-corrected chi connectivity index (χ0v) is 29.4. The van der Waals surface area contributed by atoms with E-state index in [0.29, 0.717) is 41.4 Å². The summed E-state index contributed by atoms with van der Waals surface area (Å²) in [7, 11) is 0. The van der Waals surface area contributed by atoms with Crippen molar-refractivity contribution in [3.63, 3.8) is 0 Å². The van der Waals surface area contributed by atoms with E-state index in [4.69, 9.17) is 0 Å². The lowest BCUT2D eigenvalue weighted by Gasteiger charge is -2.43. The first-order chi connectivity index (χ1) is 19.6. The molecule has 0 aromatic heterocycles. The van der Waals surface area contributed by atoms with E-state index in [1.165, 1.54) is 25.7 Å². The van der Waals surface area contributed by atoms with Crippen molar-refractivity contribution >= 4 is 0 Å². The molecule has 0 radical (unpaired) electrons. The Hall–Kier alpha value is -1.12. The summed E-state index contributed by atoms with van der Waals surface area (Å²) in [6.45, 7) is 23.3. The smallest absolute Gasteiger partial charge is 0.0548 e. The molecule has 2 saturated carbocycles. The molecule has 2 heteroatoms. The predicted octanol–water partition coefficient (Wildman–Crippen LogP) is 11.0. The van der Waals surface area contributed by atoms with Crippen molar-refractivity contribution in [1.82, 2.24) is 0 Å². The van der Waals surface area contributed by atoms with E-state index in [1.54, 1.807) is 0 Å². The molecule has 0 bridgehead atoms. The van der Waals surface area contributed by atoms with Crippen molar-refractivity contribution in [2.45, 2.75) is 146 Å². The lowest BCUT2D eigenvalue weighted by atomic mass is 9.63. The highest BCUT2D eigenvalue weighted by Crippen LogP contribution is 2.46. The molecular formula is C40H70O2. The highest BCUT2D eigenvalue weighted by atomic mass is 16.3. The fraction of sp³-hybridized carbons (Fsp3) is 0.800. The van der Waals surface area contributed by atoms with Crippen LogP contribution in [0, 0.1) is 58.2 Å². The SMILES string of the molecule is C[C@@H](C/C=C/C[C@H](C)/C=C/C[C@@H](C)/C=C/[C@H]1[C@H](C)C[C@H](O)CC1(C)C)CCC[C@@H](C)/C=C/[C@H]1[C@@H](C)C[C@H](O)CC1(C)C. The summed E-state index contributed by atoms with van der Waals surface area (Å²) < 4.78 is 0. The van der Waals surface area contributed by atoms with E-state index < -0.39 is 0 Å². The van der Waals surface area contributed by atoms with Crippen molar-refractivity contribution in [2.75, 3.05) is 0 Å². The third kappa shape index (κ3) is 12.9. The van der Waals surface area contributed by atoms with Gasteiger partial charge in [-0.05, 0) is 110 Å². The Morgan fingerprint density at radius 3 is 1.60 bits per heavy atom. The Balaban J connectivity index is 1.62. The molecule has 0 amide bonds. The van der Waals surface area contributed by atoms with Gasteiger partial charge in [-0.25, -0.2) is 0 Å². The molecule has 0 heterocycles. The second-order valence-electron chi connectivity index (χ2n) is 16.5. The molecule has 10 atom stereocenters. The van der Waals surface area contributed by atoms with Crippen LogP contribution < -0.4 is 0 Å². The summed E-state index contributed by atoms with van der Waals surface area (Å²) >= 11 is 0. The van der Waals surface area contributed by atoms with E-state index in [2.05, 4.69) is 118 Å². The minimum Gasteiger partial charge on any atom is -0.393 e. The number of aliphatic hydroxyl groups excluding tert-OH is 2. The molecule has 2 nitrogen and oxygen atoms in total. The third-order valence-electron chi connectivity index (χ3n) is 10.7. The number of rotatable bonds is 15. The standard InChI is InChI=1S/C40H70O2/c1-29(17-13-19-31(3)21-23-37-33(5)25-35(41)27-39(37,7)8)15-11-12-16-30(2)18-14-20-32(4)22-24-38-34(6)26-36(42)28-40(38,9)10/h11-13,17,21-24,29-38,41-42H,14-16,18-20,25-28H2,1-10H3/b12-11+,17-13+,23-21+,24-22+/t29-,30-,31+,32+,33+,34-,35-,36-,37-,38-/m0/s1. The van der Waals surface area contributed by atoms with E-state index in [0.717, 1.165) is 44.4 Å². The Bertz CT molecular complexity index is 876. The molecular weight excluding hydrogens is 512 g/mol.